The van der Waals surface area contributed by atoms with E-state index < -0.39 is 5.41 Å². The van der Waals surface area contributed by atoms with Crippen molar-refractivity contribution in [3.8, 4) is 6.07 Å². The molecule has 5 heteroatoms. The molecule has 2 aromatic carbocycles. The zero-order chi connectivity index (χ0) is 20.3. The third kappa shape index (κ3) is 3.78. The van der Waals surface area contributed by atoms with Gasteiger partial charge in [0.1, 0.15) is 5.41 Å². The predicted octanol–water partition coefficient (Wildman–Crippen LogP) is 2.82. The molecule has 0 spiro atoms. The first-order valence-corrected chi connectivity index (χ1v) is 10.3. The normalized spacial score (nSPS) is 22.8. The second-order valence-electron chi connectivity index (χ2n) is 7.99. The lowest BCUT2D eigenvalue weighted by molar-refractivity contribution is -0.131. The molecule has 0 radical (unpaired) electrons. The molecule has 0 N–H and O–H groups in total. The van der Waals surface area contributed by atoms with Crippen LogP contribution in [0.25, 0.3) is 0 Å². The fourth-order valence-electron chi connectivity index (χ4n) is 4.62. The molecule has 0 unspecified atom stereocenters. The fraction of sp³-hybridized carbons (Fsp3) is 0.417. The van der Waals surface area contributed by atoms with E-state index in [0.717, 1.165) is 30.8 Å². The van der Waals surface area contributed by atoms with Crippen LogP contribution in [0.2, 0.25) is 0 Å². The minimum atomic E-state index is -0.699. The Morgan fingerprint density at radius 3 is 2.28 bits per heavy atom. The number of carbonyl (C=O) groups is 1. The Balaban J connectivity index is 1.56. The van der Waals surface area contributed by atoms with Crippen molar-refractivity contribution < 1.29 is 9.53 Å². The third-order valence-corrected chi connectivity index (χ3v) is 6.38. The number of hydrogen-bond donors (Lipinski definition) is 0. The van der Waals surface area contributed by atoms with Gasteiger partial charge in [0.05, 0.1) is 31.2 Å². The molecule has 4 rings (SSSR count). The number of benzene rings is 2. The van der Waals surface area contributed by atoms with Gasteiger partial charge in [-0.25, -0.2) is 0 Å². The summed E-state index contributed by atoms with van der Waals surface area (Å²) in [4.78, 5) is 16.4. The van der Waals surface area contributed by atoms with E-state index in [1.54, 1.807) is 0 Å². The highest BCUT2D eigenvalue weighted by atomic mass is 16.5. The van der Waals surface area contributed by atoms with E-state index in [2.05, 4.69) is 11.0 Å². The lowest BCUT2D eigenvalue weighted by Gasteiger charge is -2.30. The van der Waals surface area contributed by atoms with Gasteiger partial charge in [0.2, 0.25) is 5.91 Å². The van der Waals surface area contributed by atoms with Gasteiger partial charge in [-0.1, -0.05) is 60.7 Å². The van der Waals surface area contributed by atoms with E-state index in [9.17, 15) is 10.1 Å². The standard InChI is InChI=1S/C24H27N3O2/c1-26-21-16-27(17-22(21)29-15-12-23(26)28)14-13-24(18-25,19-8-4-2-5-9-19)20-10-6-3-7-11-20/h2-11,21-22H,12-17H2,1H3/t21-,22-/m0/s1. The third-order valence-electron chi connectivity index (χ3n) is 6.38. The number of hydrogen-bond acceptors (Lipinski definition) is 4. The van der Waals surface area contributed by atoms with E-state index in [-0.39, 0.29) is 18.1 Å². The molecule has 2 heterocycles. The first-order valence-electron chi connectivity index (χ1n) is 10.3. The van der Waals surface area contributed by atoms with Crippen LogP contribution in [-0.2, 0) is 14.9 Å². The molecule has 2 fully saturated rings. The highest BCUT2D eigenvalue weighted by Crippen LogP contribution is 2.36. The van der Waals surface area contributed by atoms with Crippen molar-refractivity contribution in [1.29, 1.82) is 5.26 Å². The number of ether oxygens (including phenoxy) is 1. The van der Waals surface area contributed by atoms with Crippen LogP contribution in [0.3, 0.4) is 0 Å². The monoisotopic (exact) mass is 389 g/mol. The Labute approximate surface area is 172 Å². The van der Waals surface area contributed by atoms with Crippen LogP contribution in [0.4, 0.5) is 0 Å². The predicted molar refractivity (Wildman–Crippen MR) is 111 cm³/mol. The minimum Gasteiger partial charge on any atom is -0.374 e. The molecule has 0 aromatic heterocycles. The van der Waals surface area contributed by atoms with E-state index in [1.807, 2.05) is 72.6 Å². The number of amides is 1. The summed E-state index contributed by atoms with van der Waals surface area (Å²) >= 11 is 0. The Kier molecular flexibility index (Phi) is 5.66. The number of likely N-dealkylation sites (N-methyl/N-ethyl adjacent to an activating group) is 1. The maximum absolute atomic E-state index is 12.2. The summed E-state index contributed by atoms with van der Waals surface area (Å²) in [5.41, 5.74) is 1.34. The second kappa shape index (κ2) is 8.36. The van der Waals surface area contributed by atoms with Crippen LogP contribution < -0.4 is 0 Å². The molecule has 0 bridgehead atoms. The van der Waals surface area contributed by atoms with Crippen LogP contribution >= 0.6 is 0 Å². The topological polar surface area (TPSA) is 56.6 Å². The molecular formula is C24H27N3O2. The average molecular weight is 389 g/mol. The number of rotatable bonds is 5. The average Bonchev–Trinajstić information content (AvgIpc) is 3.13. The van der Waals surface area contributed by atoms with Crippen molar-refractivity contribution >= 4 is 5.91 Å². The number of nitriles is 1. The van der Waals surface area contributed by atoms with Crippen LogP contribution in [-0.4, -0.2) is 61.1 Å². The molecule has 5 nitrogen and oxygen atoms in total. The molecule has 29 heavy (non-hydrogen) atoms. The molecule has 2 aliphatic heterocycles. The van der Waals surface area contributed by atoms with Gasteiger partial charge in [-0.2, -0.15) is 5.26 Å². The molecule has 0 saturated carbocycles. The summed E-state index contributed by atoms with van der Waals surface area (Å²) in [5.74, 6) is 0.152. The fourth-order valence-corrected chi connectivity index (χ4v) is 4.62. The molecule has 1 amide bonds. The number of nitrogens with zero attached hydrogens (tertiary/aromatic N) is 3. The number of carbonyl (C=O) groups excluding carboxylic acids is 1. The SMILES string of the molecule is CN1C(=O)CCO[C@H]2CN(CCC(C#N)(c3ccccc3)c3ccccc3)C[C@@H]21. The summed E-state index contributed by atoms with van der Waals surface area (Å²) in [6, 6.07) is 22.8. The maximum Gasteiger partial charge on any atom is 0.225 e. The molecule has 2 aliphatic rings. The van der Waals surface area contributed by atoms with Crippen LogP contribution in [0, 0.1) is 11.3 Å². The summed E-state index contributed by atoms with van der Waals surface area (Å²) < 4.78 is 5.96. The largest absolute Gasteiger partial charge is 0.374 e. The van der Waals surface area contributed by atoms with Crippen molar-refractivity contribution in [2.45, 2.75) is 30.4 Å². The first kappa shape index (κ1) is 19.6. The van der Waals surface area contributed by atoms with Crippen LogP contribution in [0.1, 0.15) is 24.0 Å². The van der Waals surface area contributed by atoms with Gasteiger partial charge < -0.3 is 9.64 Å². The van der Waals surface area contributed by atoms with Crippen molar-refractivity contribution in [2.24, 2.45) is 0 Å². The summed E-state index contributed by atoms with van der Waals surface area (Å²) in [7, 11) is 1.88. The molecule has 150 valence electrons. The molecule has 2 atom stereocenters. The van der Waals surface area contributed by atoms with Gasteiger partial charge in [0.15, 0.2) is 0 Å². The van der Waals surface area contributed by atoms with Crippen LogP contribution in [0.5, 0.6) is 0 Å². The van der Waals surface area contributed by atoms with Crippen molar-refractivity contribution in [3.05, 3.63) is 71.8 Å². The van der Waals surface area contributed by atoms with Gasteiger partial charge in [-0.05, 0) is 17.5 Å². The van der Waals surface area contributed by atoms with Gasteiger partial charge in [-0.15, -0.1) is 0 Å². The van der Waals surface area contributed by atoms with E-state index in [0.29, 0.717) is 19.4 Å². The second-order valence-corrected chi connectivity index (χ2v) is 7.99. The van der Waals surface area contributed by atoms with Crippen molar-refractivity contribution in [3.63, 3.8) is 0 Å². The van der Waals surface area contributed by atoms with E-state index >= 15 is 0 Å². The summed E-state index contributed by atoms with van der Waals surface area (Å²) in [6.45, 7) is 2.86. The molecule has 2 aromatic rings. The van der Waals surface area contributed by atoms with E-state index in [4.69, 9.17) is 4.74 Å². The van der Waals surface area contributed by atoms with Gasteiger partial charge in [-0.3, -0.25) is 9.69 Å². The Morgan fingerprint density at radius 2 is 1.69 bits per heavy atom. The van der Waals surface area contributed by atoms with Crippen molar-refractivity contribution in [2.75, 3.05) is 33.3 Å². The van der Waals surface area contributed by atoms with Crippen molar-refractivity contribution in [1.82, 2.24) is 9.80 Å². The van der Waals surface area contributed by atoms with E-state index in [1.165, 1.54) is 0 Å². The molecular weight excluding hydrogens is 362 g/mol. The molecule has 2 saturated heterocycles. The van der Waals surface area contributed by atoms with Gasteiger partial charge >= 0.3 is 0 Å². The van der Waals surface area contributed by atoms with Crippen LogP contribution in [0.15, 0.2) is 60.7 Å². The Morgan fingerprint density at radius 1 is 1.07 bits per heavy atom. The van der Waals surface area contributed by atoms with Gasteiger partial charge in [0, 0.05) is 26.7 Å². The summed E-state index contributed by atoms with van der Waals surface area (Å²) in [5, 5.41) is 10.3. The zero-order valence-corrected chi connectivity index (χ0v) is 16.8. The smallest absolute Gasteiger partial charge is 0.225 e. The number of fused-ring (bicyclic) bond motifs is 1. The lowest BCUT2D eigenvalue weighted by atomic mass is 9.73. The highest BCUT2D eigenvalue weighted by molar-refractivity contribution is 5.76. The Bertz CT molecular complexity index is 839. The summed E-state index contributed by atoms with van der Waals surface area (Å²) in [6.07, 6.45) is 1.20. The molecule has 0 aliphatic carbocycles. The zero-order valence-electron chi connectivity index (χ0n) is 16.8. The quantitative estimate of drug-likeness (QED) is 0.789. The minimum absolute atomic E-state index is 0.0522. The lowest BCUT2D eigenvalue weighted by Crippen LogP contribution is -2.42. The highest BCUT2D eigenvalue weighted by Gasteiger charge is 2.41. The Hall–Kier alpha value is -2.68. The number of likely N-dealkylation sites (tertiary alicyclic amines) is 1. The maximum atomic E-state index is 12.2. The van der Waals surface area contributed by atoms with Gasteiger partial charge in [0.25, 0.3) is 0 Å². The first-order chi connectivity index (χ1) is 14.1.